The number of carbonyl (C=O) groups is 7. The van der Waals surface area contributed by atoms with Crippen molar-refractivity contribution in [1.82, 2.24) is 42.5 Å². The van der Waals surface area contributed by atoms with Gasteiger partial charge < -0.3 is 71.2 Å². The fourth-order valence-electron chi connectivity index (χ4n) is 4.27. The average molecular weight is 653 g/mol. The molecule has 21 heteroatoms. The lowest BCUT2D eigenvalue weighted by atomic mass is 10.0. The second-order valence-corrected chi connectivity index (χ2v) is 10.6. The number of aliphatic imine (C=N–C) groups is 1. The lowest BCUT2D eigenvalue weighted by molar-refractivity contribution is -0.133. The number of carbonyl (C=O) groups excluding carboxylic acids is 7. The highest BCUT2D eigenvalue weighted by atomic mass is 16.2. The second kappa shape index (κ2) is 18.1. The van der Waals surface area contributed by atoms with Gasteiger partial charge in [0, 0.05) is 38.3 Å². The molecule has 46 heavy (non-hydrogen) atoms. The van der Waals surface area contributed by atoms with Crippen LogP contribution in [0.5, 0.6) is 0 Å². The zero-order valence-corrected chi connectivity index (χ0v) is 25.4. The first-order chi connectivity index (χ1) is 21.7. The van der Waals surface area contributed by atoms with Gasteiger partial charge in [0.1, 0.15) is 29.9 Å². The number of guanidine groups is 1. The minimum atomic E-state index is -1.52. The summed E-state index contributed by atoms with van der Waals surface area (Å²) < 4.78 is 0. The number of hydrogen-bond acceptors (Lipinski definition) is 13. The summed E-state index contributed by atoms with van der Waals surface area (Å²) in [6.07, 6.45) is 2.00. The van der Waals surface area contributed by atoms with E-state index in [-0.39, 0.29) is 25.3 Å². The number of primary amides is 1. The van der Waals surface area contributed by atoms with Gasteiger partial charge in [0.2, 0.25) is 29.5 Å². The summed E-state index contributed by atoms with van der Waals surface area (Å²) in [6, 6.07) is -7.93. The molecule has 8 amide bonds. The summed E-state index contributed by atoms with van der Waals surface area (Å²) in [7, 11) is 0. The van der Waals surface area contributed by atoms with E-state index >= 15 is 0 Å². The molecule has 1 fully saturated rings. The van der Waals surface area contributed by atoms with Gasteiger partial charge >= 0.3 is 6.03 Å². The maximum absolute atomic E-state index is 13.4. The number of nitrogens with zero attached hydrogens (tertiary/aromatic N) is 1. The molecule has 0 aromatic heterocycles. The Bertz CT molecular complexity index is 1230. The van der Waals surface area contributed by atoms with Gasteiger partial charge in [0.25, 0.3) is 5.91 Å². The van der Waals surface area contributed by atoms with Crippen LogP contribution in [0.15, 0.2) is 16.9 Å². The summed E-state index contributed by atoms with van der Waals surface area (Å²) in [5.74, 6) is -5.07. The van der Waals surface area contributed by atoms with Crippen LogP contribution in [0.25, 0.3) is 0 Å². The quantitative estimate of drug-likeness (QED) is 0.103. The highest BCUT2D eigenvalue weighted by molar-refractivity contribution is 6.02. The molecule has 2 heterocycles. The Morgan fingerprint density at radius 3 is 2.41 bits per heavy atom. The molecule has 2 rings (SSSR count). The van der Waals surface area contributed by atoms with E-state index < -0.39 is 90.0 Å². The van der Waals surface area contributed by atoms with Crippen LogP contribution in [0.2, 0.25) is 0 Å². The van der Waals surface area contributed by atoms with E-state index in [1.807, 2.05) is 0 Å². The zero-order chi connectivity index (χ0) is 34.4. The van der Waals surface area contributed by atoms with Gasteiger partial charge in [-0.05, 0) is 32.7 Å². The predicted molar refractivity (Wildman–Crippen MR) is 163 cm³/mol. The molecule has 1 unspecified atom stereocenters. The summed E-state index contributed by atoms with van der Waals surface area (Å²) in [5.41, 5.74) is 27.7. The van der Waals surface area contributed by atoms with Crippen molar-refractivity contribution in [3.8, 4) is 0 Å². The van der Waals surface area contributed by atoms with E-state index in [0.29, 0.717) is 25.9 Å². The lowest BCUT2D eigenvalue weighted by Gasteiger charge is -2.29. The van der Waals surface area contributed by atoms with Crippen LogP contribution in [-0.4, -0.2) is 110 Å². The summed E-state index contributed by atoms with van der Waals surface area (Å²) in [6.45, 7) is 1.17. The van der Waals surface area contributed by atoms with Crippen LogP contribution in [0, 0.1) is 0 Å². The Kier molecular flexibility index (Phi) is 14.6. The smallest absolute Gasteiger partial charge is 0.316 e. The normalized spacial score (nSPS) is 26.6. The molecule has 0 aliphatic carbocycles. The van der Waals surface area contributed by atoms with Crippen LogP contribution < -0.4 is 71.2 Å². The summed E-state index contributed by atoms with van der Waals surface area (Å²) in [4.78, 5) is 93.9. The summed E-state index contributed by atoms with van der Waals surface area (Å²) in [5, 5.41) is 19.3. The van der Waals surface area contributed by atoms with E-state index in [9.17, 15) is 33.6 Å². The van der Waals surface area contributed by atoms with Crippen molar-refractivity contribution < 1.29 is 33.6 Å². The average Bonchev–Trinajstić information content (AvgIpc) is 3.00. The first-order valence-electron chi connectivity index (χ1n) is 14.5. The second-order valence-electron chi connectivity index (χ2n) is 10.6. The molecule has 2 aliphatic rings. The lowest BCUT2D eigenvalue weighted by Crippen LogP contribution is -2.61. The molecule has 1 saturated heterocycles. The minimum Gasteiger partial charge on any atom is -0.370 e. The third-order valence-corrected chi connectivity index (χ3v) is 6.81. The molecule has 0 spiro atoms. The first-order valence-corrected chi connectivity index (χ1v) is 14.5. The standard InChI is InChI=1S/C25H44N14O7/c1-11-19(41)36-15(9-32-17(40)7-12(27)3-2-5-26)21(43)37-16(10-34-25(30)46)22(44)39-18(14-4-6-31-24(29)38-14)23(45)33-8-13(28)20(42)35-11/h10-15,18H,2-9,26-28H2,1H3,(H,32,40)(H,33,45)(H,35,42)(H,36,41)(H,37,43)(H,39,44)(H3,29,31,38)(H3,30,34,46)/b16-10+/t11-,12-,13-,14+,15?,18-/m0/s1. The molecule has 6 atom stereocenters. The molecule has 0 radical (unpaired) electrons. The number of nitrogens with one attached hydrogen (secondary N) is 8. The topological polar surface area (TPSA) is 358 Å². The van der Waals surface area contributed by atoms with E-state index in [1.165, 1.54) is 6.92 Å². The minimum absolute atomic E-state index is 0.0101. The van der Waals surface area contributed by atoms with Crippen LogP contribution in [-0.2, 0) is 28.8 Å². The van der Waals surface area contributed by atoms with Gasteiger partial charge in [0.15, 0.2) is 5.96 Å². The largest absolute Gasteiger partial charge is 0.370 e. The molecular weight excluding hydrogens is 608 g/mol. The summed E-state index contributed by atoms with van der Waals surface area (Å²) >= 11 is 0. The van der Waals surface area contributed by atoms with Crippen molar-refractivity contribution in [2.45, 2.75) is 68.9 Å². The molecule has 0 bridgehead atoms. The monoisotopic (exact) mass is 652 g/mol. The van der Waals surface area contributed by atoms with Crippen molar-refractivity contribution >= 4 is 47.4 Å². The molecule has 21 nitrogen and oxygen atoms in total. The van der Waals surface area contributed by atoms with Gasteiger partial charge in [-0.1, -0.05) is 0 Å². The number of nitrogens with two attached hydrogens (primary N) is 5. The van der Waals surface area contributed by atoms with Crippen LogP contribution in [0.3, 0.4) is 0 Å². The van der Waals surface area contributed by atoms with Crippen LogP contribution in [0.1, 0.15) is 32.6 Å². The maximum atomic E-state index is 13.4. The molecule has 0 aromatic rings. The SMILES string of the molecule is C[C@@H]1NC(=O)[C@@H](N)CNC(=O)[C@H]([C@H]2CCNC(N)=N2)NC(=O)/C(=C\NC(N)=O)NC(=O)C(CNC(=O)C[C@@H](N)CCCN)NC1=O. The van der Waals surface area contributed by atoms with Crippen molar-refractivity contribution in [1.29, 1.82) is 0 Å². The van der Waals surface area contributed by atoms with Gasteiger partial charge in [0.05, 0.1) is 6.04 Å². The number of hydrogen-bond donors (Lipinski definition) is 13. The molecular formula is C25H44N14O7. The van der Waals surface area contributed by atoms with E-state index in [1.54, 1.807) is 0 Å². The highest BCUT2D eigenvalue weighted by Crippen LogP contribution is 2.09. The van der Waals surface area contributed by atoms with E-state index in [0.717, 1.165) is 6.20 Å². The molecule has 0 aromatic carbocycles. The van der Waals surface area contributed by atoms with Crippen molar-refractivity contribution in [3.63, 3.8) is 0 Å². The van der Waals surface area contributed by atoms with Crippen LogP contribution >= 0.6 is 0 Å². The van der Waals surface area contributed by atoms with Gasteiger partial charge in [-0.2, -0.15) is 0 Å². The molecule has 256 valence electrons. The van der Waals surface area contributed by atoms with Gasteiger partial charge in [-0.3, -0.25) is 28.8 Å². The third kappa shape index (κ3) is 12.2. The number of rotatable bonds is 9. The van der Waals surface area contributed by atoms with Crippen LogP contribution in [0.4, 0.5) is 4.79 Å². The van der Waals surface area contributed by atoms with Gasteiger partial charge in [-0.25, -0.2) is 9.79 Å². The fourth-order valence-corrected chi connectivity index (χ4v) is 4.27. The van der Waals surface area contributed by atoms with Gasteiger partial charge in [-0.15, -0.1) is 0 Å². The Morgan fingerprint density at radius 2 is 1.76 bits per heavy atom. The third-order valence-electron chi connectivity index (χ3n) is 6.81. The van der Waals surface area contributed by atoms with E-state index in [2.05, 4.69) is 47.5 Å². The highest BCUT2D eigenvalue weighted by Gasteiger charge is 2.34. The van der Waals surface area contributed by atoms with Crippen molar-refractivity contribution in [2.24, 2.45) is 33.7 Å². The Balaban J connectivity index is 2.43. The van der Waals surface area contributed by atoms with Crippen molar-refractivity contribution in [2.75, 3.05) is 26.2 Å². The molecule has 2 aliphatic heterocycles. The predicted octanol–water partition coefficient (Wildman–Crippen LogP) is -7.21. The number of amides is 8. The number of urea groups is 1. The molecule has 0 saturated carbocycles. The Morgan fingerprint density at radius 1 is 1.04 bits per heavy atom. The maximum Gasteiger partial charge on any atom is 0.316 e. The first kappa shape index (κ1) is 37.2. The Hall–Kier alpha value is -5.02. The van der Waals surface area contributed by atoms with Crippen molar-refractivity contribution in [3.05, 3.63) is 11.9 Å². The fraction of sp³-hybridized carbons (Fsp3) is 0.600. The van der Waals surface area contributed by atoms with E-state index in [4.69, 9.17) is 28.7 Å². The molecule has 18 N–H and O–H groups in total. The Labute approximate surface area is 264 Å². The zero-order valence-electron chi connectivity index (χ0n) is 25.4.